The molecule has 6 heteroatoms. The Morgan fingerprint density at radius 1 is 1.40 bits per heavy atom. The molecule has 1 aromatic heterocycles. The molecule has 49 valence electrons. The predicted octanol–water partition coefficient (Wildman–Crippen LogP) is -1.84. The molecular formula is C4H6N3Sn3. The maximum Gasteiger partial charge on any atom is 0 e. The van der Waals surface area contributed by atoms with E-state index >= 15 is 0 Å². The van der Waals surface area contributed by atoms with Gasteiger partial charge in [0.25, 0.3) is 0 Å². The summed E-state index contributed by atoms with van der Waals surface area (Å²) in [5, 5.41) is 7.66. The number of nitrogens with zero attached hydrogens (tertiary/aromatic N) is 3. The molecule has 0 saturated heterocycles. The summed E-state index contributed by atoms with van der Waals surface area (Å²) in [4.78, 5) is 0. The summed E-state index contributed by atoms with van der Waals surface area (Å²) in [7, 11) is 1.91. The van der Waals surface area contributed by atoms with Crippen molar-refractivity contribution in [3.8, 4) is 0 Å². The molecule has 0 aliphatic heterocycles. The summed E-state index contributed by atoms with van der Waals surface area (Å²) in [6, 6.07) is 0. The van der Waals surface area contributed by atoms with E-state index in [1.165, 1.54) is 26.2 Å². The van der Waals surface area contributed by atoms with Crippen LogP contribution in [0.1, 0.15) is 5.69 Å². The minimum absolute atomic E-state index is 0. The smallest absolute Gasteiger partial charge is 0 e. The zero-order chi connectivity index (χ0) is 6.15. The molecule has 0 unspecified atom stereocenters. The van der Waals surface area contributed by atoms with Crippen LogP contribution in [-0.4, -0.2) is 85.3 Å². The van der Waals surface area contributed by atoms with Crippen LogP contribution < -0.4 is 3.71 Å². The zero-order valence-electron chi connectivity index (χ0n) is 5.84. The van der Waals surface area contributed by atoms with Crippen molar-refractivity contribution in [3.63, 3.8) is 0 Å². The Morgan fingerprint density at radius 2 is 1.90 bits per heavy atom. The fraction of sp³-hybridized carbons (Fsp3) is 0.500. The summed E-state index contributed by atoms with van der Waals surface area (Å²) in [5.41, 5.74) is 1.05. The topological polar surface area (TPSA) is 30.7 Å². The van der Waals surface area contributed by atoms with Gasteiger partial charge >= 0.3 is 60.9 Å². The van der Waals surface area contributed by atoms with Gasteiger partial charge in [0.15, 0.2) is 0 Å². The summed E-state index contributed by atoms with van der Waals surface area (Å²) >= 11 is 1.38. The number of aromatic nitrogens is 3. The summed E-state index contributed by atoms with van der Waals surface area (Å²) in [6.07, 6.45) is 0. The number of hydrogen-bond donors (Lipinski definition) is 0. The molecule has 0 N–H and O–H groups in total. The third kappa shape index (κ3) is 3.29. The van der Waals surface area contributed by atoms with Gasteiger partial charge < -0.3 is 0 Å². The molecule has 0 aromatic carbocycles. The molecule has 0 atom stereocenters. The van der Waals surface area contributed by atoms with E-state index in [2.05, 4.69) is 10.3 Å². The third-order valence-electron chi connectivity index (χ3n) is 0.995. The molecule has 0 aliphatic carbocycles. The maximum absolute atomic E-state index is 3.85. The van der Waals surface area contributed by atoms with Crippen LogP contribution in [0.3, 0.4) is 0 Å². The first-order valence-electron chi connectivity index (χ1n) is 2.29. The predicted molar refractivity (Wildman–Crippen MR) is 42.6 cm³/mol. The van der Waals surface area contributed by atoms with Crippen LogP contribution in [0.15, 0.2) is 0 Å². The van der Waals surface area contributed by atoms with E-state index in [9.17, 15) is 0 Å². The molecule has 1 heterocycles. The molecule has 0 saturated carbocycles. The van der Waals surface area contributed by atoms with Crippen LogP contribution in [0.5, 0.6) is 0 Å². The number of rotatable bonds is 0. The Labute approximate surface area is 107 Å². The van der Waals surface area contributed by atoms with Crippen molar-refractivity contribution < 1.29 is 0 Å². The van der Waals surface area contributed by atoms with Crippen LogP contribution in [0.25, 0.3) is 0 Å². The normalized spacial score (nSPS) is 7.90. The van der Waals surface area contributed by atoms with E-state index in [0.717, 1.165) is 5.69 Å². The van der Waals surface area contributed by atoms with Crippen molar-refractivity contribution in [2.75, 3.05) is 0 Å². The Kier molecular flexibility index (Phi) is 8.59. The van der Waals surface area contributed by atoms with Gasteiger partial charge in [-0.15, -0.1) is 0 Å². The first-order valence-corrected chi connectivity index (χ1v) is 3.72. The van der Waals surface area contributed by atoms with Gasteiger partial charge in [-0.2, -0.15) is 0 Å². The molecule has 1 rings (SSSR count). The van der Waals surface area contributed by atoms with Crippen LogP contribution in [-0.2, 0) is 7.05 Å². The standard InChI is InChI=1S/C4H6N3.3Sn/c1-4-3-7(2)6-5-4;;;/h1-2H3;;;. The van der Waals surface area contributed by atoms with Crippen molar-refractivity contribution in [2.45, 2.75) is 6.92 Å². The zero-order valence-corrected chi connectivity index (χ0v) is 14.4. The summed E-state index contributed by atoms with van der Waals surface area (Å²) < 4.78 is 3.02. The van der Waals surface area contributed by atoms with Crippen LogP contribution in [0.4, 0.5) is 0 Å². The molecule has 0 fully saturated rings. The Morgan fingerprint density at radius 3 is 2.00 bits per heavy atom. The van der Waals surface area contributed by atoms with Crippen molar-refractivity contribution in [2.24, 2.45) is 7.05 Å². The van der Waals surface area contributed by atoms with Crippen LogP contribution in [0.2, 0.25) is 0 Å². The van der Waals surface area contributed by atoms with Gasteiger partial charge in [-0.25, -0.2) is 0 Å². The molecule has 0 bridgehead atoms. The Bertz CT molecular complexity index is 178. The van der Waals surface area contributed by atoms with Crippen LogP contribution in [0, 0.1) is 6.92 Å². The second kappa shape index (κ2) is 6.10. The molecular weight excluding hydrogens is 446 g/mol. The quantitative estimate of drug-likeness (QED) is 0.434. The second-order valence-corrected chi connectivity index (χ2v) is 3.00. The van der Waals surface area contributed by atoms with Crippen molar-refractivity contribution in [3.05, 3.63) is 5.69 Å². The van der Waals surface area contributed by atoms with Gasteiger partial charge in [0.1, 0.15) is 0 Å². The molecule has 10 heavy (non-hydrogen) atoms. The monoisotopic (exact) mass is 456 g/mol. The first kappa shape index (κ1) is 14.1. The average molecular weight is 452 g/mol. The fourth-order valence-corrected chi connectivity index (χ4v) is 0.731. The maximum atomic E-state index is 3.85. The van der Waals surface area contributed by atoms with E-state index < -0.39 is 0 Å². The van der Waals surface area contributed by atoms with Crippen molar-refractivity contribution in [1.29, 1.82) is 0 Å². The summed E-state index contributed by atoms with van der Waals surface area (Å²) in [5.74, 6) is 0. The second-order valence-electron chi connectivity index (χ2n) is 1.65. The van der Waals surface area contributed by atoms with E-state index in [-0.39, 0.29) is 47.8 Å². The molecule has 1 aromatic rings. The van der Waals surface area contributed by atoms with Crippen molar-refractivity contribution >= 4 is 74.0 Å². The third-order valence-corrected chi connectivity index (χ3v) is 2.95. The Hall–Kier alpha value is 1.54. The van der Waals surface area contributed by atoms with E-state index in [4.69, 9.17) is 0 Å². The average Bonchev–Trinajstić information content (AvgIpc) is 1.98. The van der Waals surface area contributed by atoms with E-state index in [1.54, 1.807) is 4.68 Å². The summed E-state index contributed by atoms with van der Waals surface area (Å²) in [6.45, 7) is 1.97. The first-order chi connectivity index (χ1) is 3.72. The van der Waals surface area contributed by atoms with Gasteiger partial charge in [0.2, 0.25) is 0 Å². The van der Waals surface area contributed by atoms with E-state index in [1.807, 2.05) is 14.0 Å². The molecule has 0 aliphatic rings. The van der Waals surface area contributed by atoms with Gasteiger partial charge in [-0.1, -0.05) is 0 Å². The van der Waals surface area contributed by atoms with Gasteiger partial charge in [0.05, 0.1) is 0 Å². The molecule has 0 amide bonds. The fourth-order valence-electron chi connectivity index (χ4n) is 0.460. The van der Waals surface area contributed by atoms with Gasteiger partial charge in [-0.05, 0) is 0 Å². The molecule has 11 radical (unpaired) electrons. The minimum Gasteiger partial charge on any atom is 0 e. The Balaban J connectivity index is 0. The van der Waals surface area contributed by atoms with Gasteiger partial charge in [-0.3, -0.25) is 0 Å². The molecule has 0 spiro atoms. The minimum atomic E-state index is 0. The van der Waals surface area contributed by atoms with Crippen molar-refractivity contribution in [1.82, 2.24) is 15.0 Å². The SMILES string of the molecule is Cc1nnn(C)[c]1[Sn].[Sn].[Sn]. The number of hydrogen-bond acceptors (Lipinski definition) is 2. The van der Waals surface area contributed by atoms with E-state index in [0.29, 0.717) is 0 Å². The number of aryl methyl sites for hydroxylation is 2. The largest absolute Gasteiger partial charge is 0 e. The van der Waals surface area contributed by atoms with Crippen LogP contribution >= 0.6 is 0 Å². The molecule has 3 nitrogen and oxygen atoms in total. The van der Waals surface area contributed by atoms with Gasteiger partial charge in [0, 0.05) is 47.8 Å².